The summed E-state index contributed by atoms with van der Waals surface area (Å²) in [7, 11) is 0. The smallest absolute Gasteiger partial charge is 0.167 e. The summed E-state index contributed by atoms with van der Waals surface area (Å²) in [6.45, 7) is 4.38. The Kier molecular flexibility index (Phi) is 12.0. The Morgan fingerprint density at radius 2 is 2.09 bits per heavy atom. The van der Waals surface area contributed by atoms with Gasteiger partial charge in [0, 0.05) is 16.5 Å². The summed E-state index contributed by atoms with van der Waals surface area (Å²) in [6.07, 6.45) is 4.64. The average Bonchev–Trinajstić information content (AvgIpc) is 1.89. The van der Waals surface area contributed by atoms with Gasteiger partial charge in [-0.25, -0.2) is 0 Å². The molecule has 0 aromatic heterocycles. The summed E-state index contributed by atoms with van der Waals surface area (Å²) in [5, 5.41) is 0. The molecule has 0 saturated heterocycles. The Morgan fingerprint density at radius 1 is 1.45 bits per heavy atom. The predicted molar refractivity (Wildman–Crippen MR) is 40.5 cm³/mol. The van der Waals surface area contributed by atoms with E-state index in [1.54, 1.807) is 6.42 Å². The molecule has 0 aromatic carbocycles. The van der Waals surface area contributed by atoms with Gasteiger partial charge in [-0.1, -0.05) is 19.8 Å². The van der Waals surface area contributed by atoms with E-state index in [0.717, 1.165) is 19.3 Å². The van der Waals surface area contributed by atoms with E-state index in [-0.39, 0.29) is 22.5 Å². The Hall–Kier alpha value is -0.166. The Bertz CT molecular complexity index is 94.1. The third-order valence-electron chi connectivity index (χ3n) is 1.16. The van der Waals surface area contributed by atoms with Crippen LogP contribution in [0.15, 0.2) is 0 Å². The summed E-state index contributed by atoms with van der Waals surface area (Å²) in [6, 6.07) is 0. The van der Waals surface area contributed by atoms with Crippen LogP contribution in [0.4, 0.5) is 0 Å². The van der Waals surface area contributed by atoms with Crippen LogP contribution >= 0.6 is 0 Å². The van der Waals surface area contributed by atoms with Crippen molar-refractivity contribution in [3.63, 3.8) is 0 Å². The van der Waals surface area contributed by atoms with E-state index < -0.39 is 0 Å². The van der Waals surface area contributed by atoms with Gasteiger partial charge in [0.15, 0.2) is 5.97 Å². The van der Waals surface area contributed by atoms with Crippen molar-refractivity contribution in [3.8, 4) is 0 Å². The molecule has 0 aromatic rings. The van der Waals surface area contributed by atoms with Crippen LogP contribution in [0.5, 0.6) is 0 Å². The first-order valence-electron chi connectivity index (χ1n) is 3.81. The fourth-order valence-corrected chi connectivity index (χ4v) is 0.625. The van der Waals surface area contributed by atoms with Gasteiger partial charge in [0.25, 0.3) is 0 Å². The molecule has 0 unspecified atom stereocenters. The van der Waals surface area contributed by atoms with Crippen molar-refractivity contribution in [2.24, 2.45) is 0 Å². The number of esters is 1. The maximum atomic E-state index is 10.6. The standard InChI is InChI=1S/C8H15O2.Ni/c1-3-5-6-7-8(9)10-4-2;/h7H,3-6H2,1-2H3;/q-1;. The number of rotatable bonds is 5. The van der Waals surface area contributed by atoms with Gasteiger partial charge in [-0.15, -0.1) is 0 Å². The number of carbonyl (C=O) groups excluding carboxylic acids is 1. The van der Waals surface area contributed by atoms with Crippen molar-refractivity contribution >= 4 is 5.97 Å². The molecule has 2 nitrogen and oxygen atoms in total. The van der Waals surface area contributed by atoms with Gasteiger partial charge in [-0.2, -0.15) is 6.42 Å². The molecule has 0 aliphatic heterocycles. The molecule has 70 valence electrons. The van der Waals surface area contributed by atoms with Crippen molar-refractivity contribution in [2.75, 3.05) is 6.61 Å². The second-order valence-electron chi connectivity index (χ2n) is 2.10. The zero-order valence-corrected chi connectivity index (χ0v) is 8.03. The minimum atomic E-state index is -0.184. The number of ether oxygens (including phenoxy) is 1. The number of carbonyl (C=O) groups is 1. The van der Waals surface area contributed by atoms with Crippen molar-refractivity contribution < 1.29 is 26.0 Å². The molecule has 0 radical (unpaired) electrons. The maximum Gasteiger partial charge on any atom is 0.167 e. The van der Waals surface area contributed by atoms with Crippen LogP contribution in [-0.4, -0.2) is 12.6 Å². The summed E-state index contributed by atoms with van der Waals surface area (Å²) >= 11 is 0. The fraction of sp³-hybridized carbons (Fsp3) is 0.750. The molecule has 11 heavy (non-hydrogen) atoms. The first-order chi connectivity index (χ1) is 4.81. The van der Waals surface area contributed by atoms with E-state index in [1.165, 1.54) is 0 Å². The number of hydrogen-bond donors (Lipinski definition) is 0. The van der Waals surface area contributed by atoms with E-state index in [1.807, 2.05) is 6.92 Å². The molecule has 0 N–H and O–H groups in total. The van der Waals surface area contributed by atoms with Crippen LogP contribution in [0.3, 0.4) is 0 Å². The minimum Gasteiger partial charge on any atom is -0.488 e. The zero-order chi connectivity index (χ0) is 7.82. The Morgan fingerprint density at radius 3 is 2.55 bits per heavy atom. The molecule has 0 aliphatic rings. The molecule has 3 heteroatoms. The average molecular weight is 202 g/mol. The second kappa shape index (κ2) is 9.83. The molecule has 0 amide bonds. The summed E-state index contributed by atoms with van der Waals surface area (Å²) in [5.74, 6) is -0.184. The van der Waals surface area contributed by atoms with Crippen molar-refractivity contribution in [1.29, 1.82) is 0 Å². The molecular weight excluding hydrogens is 187 g/mol. The Labute approximate surface area is 78.6 Å². The van der Waals surface area contributed by atoms with Crippen molar-refractivity contribution in [3.05, 3.63) is 6.42 Å². The zero-order valence-electron chi connectivity index (χ0n) is 7.04. The Balaban J connectivity index is 0. The molecule has 0 aliphatic carbocycles. The summed E-state index contributed by atoms with van der Waals surface area (Å²) < 4.78 is 4.69. The topological polar surface area (TPSA) is 26.3 Å². The van der Waals surface area contributed by atoms with Crippen LogP contribution in [-0.2, 0) is 26.0 Å². The number of unbranched alkanes of at least 4 members (excludes halogenated alkanes) is 2. The van der Waals surface area contributed by atoms with E-state index in [2.05, 4.69) is 6.92 Å². The van der Waals surface area contributed by atoms with E-state index in [9.17, 15) is 4.79 Å². The van der Waals surface area contributed by atoms with Gasteiger partial charge in [-0.3, -0.25) is 11.2 Å². The van der Waals surface area contributed by atoms with Gasteiger partial charge < -0.3 is 4.74 Å². The van der Waals surface area contributed by atoms with Gasteiger partial charge in [-0.05, 0) is 6.92 Å². The molecule has 0 spiro atoms. The second-order valence-corrected chi connectivity index (χ2v) is 2.10. The molecule has 0 fully saturated rings. The molecule has 0 saturated carbocycles. The number of hydrogen-bond acceptors (Lipinski definition) is 2. The molecule has 0 heterocycles. The van der Waals surface area contributed by atoms with Gasteiger partial charge in [0.1, 0.15) is 0 Å². The summed E-state index contributed by atoms with van der Waals surface area (Å²) in [5.41, 5.74) is 0. The van der Waals surface area contributed by atoms with Gasteiger partial charge >= 0.3 is 0 Å². The fourth-order valence-electron chi connectivity index (χ4n) is 0.625. The van der Waals surface area contributed by atoms with Crippen molar-refractivity contribution in [1.82, 2.24) is 0 Å². The van der Waals surface area contributed by atoms with Crippen LogP contribution in [0, 0.1) is 6.42 Å². The van der Waals surface area contributed by atoms with Crippen LogP contribution in [0.2, 0.25) is 0 Å². The van der Waals surface area contributed by atoms with Crippen molar-refractivity contribution in [2.45, 2.75) is 33.1 Å². The maximum absolute atomic E-state index is 10.6. The van der Waals surface area contributed by atoms with Crippen LogP contribution < -0.4 is 0 Å². The van der Waals surface area contributed by atoms with Gasteiger partial charge in [0.05, 0.1) is 6.61 Å². The molecule has 0 bridgehead atoms. The SMILES string of the molecule is CCCC[CH-]C(=O)OCC.[Ni]. The third-order valence-corrected chi connectivity index (χ3v) is 1.16. The monoisotopic (exact) mass is 201 g/mol. The normalized spacial score (nSPS) is 8.18. The molecule has 0 atom stereocenters. The third kappa shape index (κ3) is 9.83. The van der Waals surface area contributed by atoms with Crippen LogP contribution in [0.25, 0.3) is 0 Å². The quantitative estimate of drug-likeness (QED) is 0.294. The van der Waals surface area contributed by atoms with E-state index in [0.29, 0.717) is 6.61 Å². The minimum absolute atomic E-state index is 0. The largest absolute Gasteiger partial charge is 0.488 e. The predicted octanol–water partition coefficient (Wildman–Crippen LogP) is 1.94. The van der Waals surface area contributed by atoms with Gasteiger partial charge in [0.2, 0.25) is 0 Å². The van der Waals surface area contributed by atoms with Crippen LogP contribution in [0.1, 0.15) is 33.1 Å². The molecule has 0 rings (SSSR count). The molecular formula is C8H15NiO2-. The van der Waals surface area contributed by atoms with E-state index in [4.69, 9.17) is 4.74 Å². The first kappa shape index (κ1) is 13.4. The first-order valence-corrected chi connectivity index (χ1v) is 3.81. The van der Waals surface area contributed by atoms with E-state index >= 15 is 0 Å². The summed E-state index contributed by atoms with van der Waals surface area (Å²) in [4.78, 5) is 10.6.